The Morgan fingerprint density at radius 1 is 0.976 bits per heavy atom. The fourth-order valence-corrected chi connectivity index (χ4v) is 12.9. The fourth-order valence-electron chi connectivity index (χ4n) is 12.9. The first-order valence-corrected chi connectivity index (χ1v) is 16.9. The average molecular weight is 574 g/mol. The molecule has 41 heavy (non-hydrogen) atoms. The monoisotopic (exact) mass is 573 g/mol. The van der Waals surface area contributed by atoms with Gasteiger partial charge in [-0.25, -0.2) is 0 Å². The first-order chi connectivity index (χ1) is 19.4. The summed E-state index contributed by atoms with van der Waals surface area (Å²) in [6.45, 7) is 17.6. The van der Waals surface area contributed by atoms with Crippen LogP contribution in [0.4, 0.5) is 0 Å². The molecule has 2 saturated heterocycles. The van der Waals surface area contributed by atoms with Crippen molar-refractivity contribution in [3.05, 3.63) is 0 Å². The Balaban J connectivity index is 1.09. The molecule has 2 spiro atoms. The predicted molar refractivity (Wildman–Crippen MR) is 155 cm³/mol. The Morgan fingerprint density at radius 2 is 1.73 bits per heavy atom. The molecular weight excluding hydrogens is 518 g/mol. The van der Waals surface area contributed by atoms with Gasteiger partial charge >= 0.3 is 5.97 Å². The van der Waals surface area contributed by atoms with Crippen molar-refractivity contribution in [3.8, 4) is 0 Å². The maximum Gasteiger partial charge on any atom is 0.320 e. The van der Waals surface area contributed by atoms with E-state index in [0.29, 0.717) is 60.8 Å². The van der Waals surface area contributed by atoms with Crippen LogP contribution in [0.1, 0.15) is 92.9 Å². The van der Waals surface area contributed by atoms with Crippen LogP contribution in [0.2, 0.25) is 0 Å². The van der Waals surface area contributed by atoms with Crippen LogP contribution in [0.15, 0.2) is 0 Å². The van der Waals surface area contributed by atoms with E-state index in [0.717, 1.165) is 26.0 Å². The summed E-state index contributed by atoms with van der Waals surface area (Å²) < 4.78 is 24.4. The van der Waals surface area contributed by atoms with Gasteiger partial charge in [0.05, 0.1) is 44.6 Å². The van der Waals surface area contributed by atoms with Crippen molar-refractivity contribution in [2.24, 2.45) is 50.7 Å². The number of hydrogen-bond donors (Lipinski definition) is 1. The van der Waals surface area contributed by atoms with Gasteiger partial charge in [0.25, 0.3) is 0 Å². The lowest BCUT2D eigenvalue weighted by molar-refractivity contribution is -0.249. The van der Waals surface area contributed by atoms with Gasteiger partial charge in [0.15, 0.2) is 6.29 Å². The van der Waals surface area contributed by atoms with Crippen molar-refractivity contribution in [2.75, 3.05) is 39.5 Å². The molecule has 5 aliphatic carbocycles. The summed E-state index contributed by atoms with van der Waals surface area (Å²) in [6, 6.07) is 0. The van der Waals surface area contributed by atoms with E-state index in [-0.39, 0.29) is 46.8 Å². The Morgan fingerprint density at radius 3 is 2.51 bits per heavy atom. The number of morpholine rings is 1. The zero-order valence-corrected chi connectivity index (χ0v) is 26.5. The van der Waals surface area contributed by atoms with Crippen molar-refractivity contribution in [1.82, 2.24) is 4.90 Å². The number of esters is 1. The largest absolute Gasteiger partial charge is 0.465 e. The summed E-state index contributed by atoms with van der Waals surface area (Å²) in [6.07, 6.45) is 9.25. The molecule has 2 heterocycles. The second-order valence-corrected chi connectivity index (χ2v) is 16.3. The Kier molecular flexibility index (Phi) is 6.82. The molecule has 232 valence electrons. The van der Waals surface area contributed by atoms with Crippen LogP contribution < -0.4 is 0 Å². The molecular formula is C34H55NO6. The summed E-state index contributed by atoms with van der Waals surface area (Å²) in [5.74, 6) is 2.13. The van der Waals surface area contributed by atoms with Crippen LogP contribution in [0, 0.1) is 50.7 Å². The molecule has 2 aliphatic heterocycles. The average Bonchev–Trinajstić information content (AvgIpc) is 3.55. The van der Waals surface area contributed by atoms with E-state index < -0.39 is 0 Å². The molecule has 0 aromatic carbocycles. The maximum atomic E-state index is 12.1. The van der Waals surface area contributed by atoms with Crippen molar-refractivity contribution >= 4 is 5.97 Å². The number of aliphatic hydroxyl groups excluding tert-OH is 1. The number of rotatable bonds is 5. The van der Waals surface area contributed by atoms with E-state index >= 15 is 0 Å². The highest BCUT2D eigenvalue weighted by atomic mass is 16.7. The van der Waals surface area contributed by atoms with Crippen molar-refractivity contribution in [1.29, 1.82) is 0 Å². The molecule has 7 nitrogen and oxygen atoms in total. The normalized spacial score (nSPS) is 53.7. The van der Waals surface area contributed by atoms with Crippen LogP contribution in [-0.4, -0.2) is 80.0 Å². The molecule has 12 atom stereocenters. The first kappa shape index (κ1) is 29.0. The van der Waals surface area contributed by atoms with Gasteiger partial charge in [-0.15, -0.1) is 0 Å². The number of nitrogens with zero attached hydrogens (tertiary/aromatic N) is 1. The standard InChI is InChI=1S/C34H55NO6/c1-7-38-25(36)18-35-15-17-39-26(19-35)41-24-10-12-33-20-34(33)14-13-31(5)27-21(2)11-16-40-28(27)29(37)32(31,6)23(34)9-8-22(33)30(24,3)4/h21-24,26-29,37H,7-20H2,1-6H3/t21-,22+,23?,24+,26+,27+,28?,29+,31-,32-,33-,34?/m1/s1. The SMILES string of the molecule is CCOC(=O)CN1CCO[C@@H](O[C@H]2CC[C@]34CC35CC[C@]3(C)[C@@H]6C(OCC[C@H]6C)[C@H](O)[C@@]3(C)C5CC[C@H]4C2(C)C)C1. The van der Waals surface area contributed by atoms with E-state index in [2.05, 4.69) is 39.5 Å². The van der Waals surface area contributed by atoms with Gasteiger partial charge in [-0.05, 0) is 104 Å². The van der Waals surface area contributed by atoms with Gasteiger partial charge in [0.2, 0.25) is 0 Å². The Hall–Kier alpha value is -0.730. The molecule has 7 heteroatoms. The van der Waals surface area contributed by atoms with Crippen LogP contribution in [0.25, 0.3) is 0 Å². The number of ether oxygens (including phenoxy) is 4. The highest BCUT2D eigenvalue weighted by Crippen LogP contribution is 2.89. The van der Waals surface area contributed by atoms with Crippen LogP contribution in [0.3, 0.4) is 0 Å². The van der Waals surface area contributed by atoms with Gasteiger partial charge in [-0.1, -0.05) is 34.6 Å². The highest BCUT2D eigenvalue weighted by Gasteiger charge is 2.84. The lowest BCUT2D eigenvalue weighted by Gasteiger charge is -2.63. The quantitative estimate of drug-likeness (QED) is 0.462. The van der Waals surface area contributed by atoms with E-state index in [4.69, 9.17) is 18.9 Å². The topological polar surface area (TPSA) is 77.5 Å². The van der Waals surface area contributed by atoms with Gasteiger partial charge in [0.1, 0.15) is 0 Å². The number of aliphatic hydroxyl groups is 1. The molecule has 7 aliphatic rings. The lowest BCUT2D eigenvalue weighted by atomic mass is 9.41. The molecule has 5 saturated carbocycles. The molecule has 0 aromatic rings. The van der Waals surface area contributed by atoms with E-state index in [9.17, 15) is 9.90 Å². The summed E-state index contributed by atoms with van der Waals surface area (Å²) in [5, 5.41) is 12.1. The zero-order chi connectivity index (χ0) is 29.0. The number of fused-ring (bicyclic) bond motifs is 4. The van der Waals surface area contributed by atoms with E-state index in [1.807, 2.05) is 6.92 Å². The highest BCUT2D eigenvalue weighted by molar-refractivity contribution is 5.71. The third-order valence-electron chi connectivity index (χ3n) is 14.8. The van der Waals surface area contributed by atoms with Crippen LogP contribution >= 0.6 is 0 Å². The third-order valence-corrected chi connectivity index (χ3v) is 14.8. The molecule has 0 amide bonds. The summed E-state index contributed by atoms with van der Waals surface area (Å²) in [7, 11) is 0. The summed E-state index contributed by atoms with van der Waals surface area (Å²) in [4.78, 5) is 14.2. The second-order valence-electron chi connectivity index (χ2n) is 16.3. The van der Waals surface area contributed by atoms with Crippen molar-refractivity contribution < 1.29 is 28.8 Å². The van der Waals surface area contributed by atoms with E-state index in [1.54, 1.807) is 0 Å². The van der Waals surface area contributed by atoms with Crippen LogP contribution in [-0.2, 0) is 23.7 Å². The van der Waals surface area contributed by atoms with Gasteiger partial charge in [-0.2, -0.15) is 0 Å². The number of hydrogen-bond acceptors (Lipinski definition) is 7. The molecule has 0 radical (unpaired) electrons. The van der Waals surface area contributed by atoms with Crippen LogP contribution in [0.5, 0.6) is 0 Å². The lowest BCUT2D eigenvalue weighted by Crippen LogP contribution is -2.60. The van der Waals surface area contributed by atoms with Crippen molar-refractivity contribution in [3.63, 3.8) is 0 Å². The molecule has 0 bridgehead atoms. The number of carbonyl (C=O) groups excluding carboxylic acids is 1. The van der Waals surface area contributed by atoms with E-state index in [1.165, 1.54) is 38.5 Å². The number of carbonyl (C=O) groups is 1. The minimum absolute atomic E-state index is 0.00999. The maximum absolute atomic E-state index is 12.1. The first-order valence-electron chi connectivity index (χ1n) is 16.9. The summed E-state index contributed by atoms with van der Waals surface area (Å²) >= 11 is 0. The Labute approximate surface area is 247 Å². The predicted octanol–water partition coefficient (Wildman–Crippen LogP) is 5.04. The zero-order valence-electron chi connectivity index (χ0n) is 26.5. The minimum Gasteiger partial charge on any atom is -0.465 e. The summed E-state index contributed by atoms with van der Waals surface area (Å²) in [5.41, 5.74) is 0.867. The molecule has 1 N–H and O–H groups in total. The second kappa shape index (κ2) is 9.63. The third kappa shape index (κ3) is 3.77. The smallest absolute Gasteiger partial charge is 0.320 e. The fraction of sp³-hybridized carbons (Fsp3) is 0.971. The van der Waals surface area contributed by atoms with Crippen molar-refractivity contribution in [2.45, 2.75) is 118 Å². The molecule has 0 aromatic heterocycles. The Bertz CT molecular complexity index is 1050. The van der Waals surface area contributed by atoms with Gasteiger partial charge in [0, 0.05) is 18.6 Å². The molecule has 7 rings (SSSR count). The molecule has 7 fully saturated rings. The van der Waals surface area contributed by atoms with Gasteiger partial charge < -0.3 is 24.1 Å². The van der Waals surface area contributed by atoms with Gasteiger partial charge in [-0.3, -0.25) is 9.69 Å². The minimum atomic E-state index is -0.356. The molecule has 3 unspecified atom stereocenters.